The molecule has 0 spiro atoms. The molecule has 0 aliphatic carbocycles. The van der Waals surface area contributed by atoms with Crippen molar-refractivity contribution in [3.63, 3.8) is 0 Å². The van der Waals surface area contributed by atoms with Crippen LogP contribution in [-0.4, -0.2) is 68.2 Å². The highest BCUT2D eigenvalue weighted by molar-refractivity contribution is 6.30. The van der Waals surface area contributed by atoms with E-state index in [-0.39, 0.29) is 5.54 Å². The molecule has 0 bridgehead atoms. The predicted molar refractivity (Wildman–Crippen MR) is 89.1 cm³/mol. The molecule has 2 aliphatic rings. The number of likely N-dealkylation sites (N-methyl/N-ethyl adjacent to an activating group) is 1. The maximum absolute atomic E-state index is 6.13. The van der Waals surface area contributed by atoms with Crippen LogP contribution in [0.15, 0.2) is 24.3 Å². The Labute approximate surface area is 132 Å². The molecule has 2 saturated heterocycles. The van der Waals surface area contributed by atoms with Gasteiger partial charge < -0.3 is 15.5 Å². The fraction of sp³-hybridized carbons (Fsp3) is 0.625. The van der Waals surface area contributed by atoms with Crippen molar-refractivity contribution >= 4 is 17.3 Å². The first-order valence-electron chi connectivity index (χ1n) is 7.77. The van der Waals surface area contributed by atoms with Crippen LogP contribution in [0.2, 0.25) is 5.02 Å². The van der Waals surface area contributed by atoms with E-state index in [9.17, 15) is 0 Å². The zero-order valence-electron chi connectivity index (χ0n) is 12.8. The second kappa shape index (κ2) is 6.13. The number of hydrogen-bond acceptors (Lipinski definition) is 4. The topological polar surface area (TPSA) is 35.7 Å². The van der Waals surface area contributed by atoms with Crippen LogP contribution in [0.25, 0.3) is 0 Å². The Morgan fingerprint density at radius 2 is 1.76 bits per heavy atom. The van der Waals surface area contributed by atoms with Gasteiger partial charge in [-0.2, -0.15) is 0 Å². The number of rotatable bonds is 3. The van der Waals surface area contributed by atoms with E-state index in [0.717, 1.165) is 50.8 Å². The molecule has 0 aromatic heterocycles. The molecule has 0 saturated carbocycles. The molecule has 2 heterocycles. The maximum Gasteiger partial charge on any atom is 0.0471 e. The van der Waals surface area contributed by atoms with Crippen molar-refractivity contribution in [1.29, 1.82) is 0 Å². The SMILES string of the molecule is CN1CCC(CN)(N2CCN(c3ccc(Cl)cc3)CC2)C1. The van der Waals surface area contributed by atoms with Crippen molar-refractivity contribution in [2.24, 2.45) is 5.73 Å². The Hall–Kier alpha value is -0.810. The summed E-state index contributed by atoms with van der Waals surface area (Å²) in [4.78, 5) is 7.46. The van der Waals surface area contributed by atoms with Crippen molar-refractivity contribution < 1.29 is 0 Å². The fourth-order valence-electron chi connectivity index (χ4n) is 3.70. The number of hydrogen-bond donors (Lipinski definition) is 1. The molecule has 5 heteroatoms. The fourth-order valence-corrected chi connectivity index (χ4v) is 3.83. The second-order valence-electron chi connectivity index (χ2n) is 6.37. The highest BCUT2D eigenvalue weighted by Gasteiger charge is 2.41. The van der Waals surface area contributed by atoms with E-state index in [2.05, 4.69) is 33.9 Å². The summed E-state index contributed by atoms with van der Waals surface area (Å²) in [5.41, 5.74) is 7.59. The molecule has 1 unspecified atom stereocenters. The van der Waals surface area contributed by atoms with Gasteiger partial charge in [-0.1, -0.05) is 11.6 Å². The zero-order valence-corrected chi connectivity index (χ0v) is 13.5. The minimum Gasteiger partial charge on any atom is -0.369 e. The van der Waals surface area contributed by atoms with Crippen LogP contribution in [-0.2, 0) is 0 Å². The molecule has 4 nitrogen and oxygen atoms in total. The van der Waals surface area contributed by atoms with Crippen LogP contribution >= 0.6 is 11.6 Å². The van der Waals surface area contributed by atoms with Crippen molar-refractivity contribution in [2.75, 3.05) is 57.8 Å². The van der Waals surface area contributed by atoms with Crippen LogP contribution in [0.3, 0.4) is 0 Å². The molecule has 0 amide bonds. The van der Waals surface area contributed by atoms with Crippen molar-refractivity contribution in [3.05, 3.63) is 29.3 Å². The van der Waals surface area contributed by atoms with Gasteiger partial charge in [0, 0.05) is 55.5 Å². The summed E-state index contributed by atoms with van der Waals surface area (Å²) in [7, 11) is 2.20. The summed E-state index contributed by atoms with van der Waals surface area (Å²) in [5.74, 6) is 0. The summed E-state index contributed by atoms with van der Waals surface area (Å²) in [6.45, 7) is 7.33. The molecule has 2 aliphatic heterocycles. The lowest BCUT2D eigenvalue weighted by atomic mass is 9.95. The minimum absolute atomic E-state index is 0.195. The van der Waals surface area contributed by atoms with E-state index in [1.807, 2.05) is 12.1 Å². The minimum atomic E-state index is 0.195. The quantitative estimate of drug-likeness (QED) is 0.918. The number of piperazine rings is 1. The van der Waals surface area contributed by atoms with Gasteiger partial charge in [-0.3, -0.25) is 4.90 Å². The van der Waals surface area contributed by atoms with Crippen molar-refractivity contribution in [2.45, 2.75) is 12.0 Å². The lowest BCUT2D eigenvalue weighted by Crippen LogP contribution is -2.61. The molecule has 1 aromatic carbocycles. The Bertz CT molecular complexity index is 470. The summed E-state index contributed by atoms with van der Waals surface area (Å²) in [5, 5.41) is 0.800. The third kappa shape index (κ3) is 3.04. The Morgan fingerprint density at radius 3 is 2.29 bits per heavy atom. The highest BCUT2D eigenvalue weighted by Crippen LogP contribution is 2.28. The number of likely N-dealkylation sites (tertiary alicyclic amines) is 1. The second-order valence-corrected chi connectivity index (χ2v) is 6.80. The summed E-state index contributed by atoms with van der Waals surface area (Å²) >= 11 is 5.97. The number of nitrogens with two attached hydrogens (primary N) is 1. The Kier molecular flexibility index (Phi) is 4.41. The molecule has 21 heavy (non-hydrogen) atoms. The van der Waals surface area contributed by atoms with Gasteiger partial charge in [0.1, 0.15) is 0 Å². The molecular formula is C16H25ClN4. The number of benzene rings is 1. The third-order valence-electron chi connectivity index (χ3n) is 5.05. The van der Waals surface area contributed by atoms with E-state index in [4.69, 9.17) is 17.3 Å². The smallest absolute Gasteiger partial charge is 0.0471 e. The van der Waals surface area contributed by atoms with Crippen LogP contribution in [0.4, 0.5) is 5.69 Å². The Morgan fingerprint density at radius 1 is 1.10 bits per heavy atom. The van der Waals surface area contributed by atoms with Gasteiger partial charge in [0.05, 0.1) is 0 Å². The van der Waals surface area contributed by atoms with Crippen LogP contribution < -0.4 is 10.6 Å². The summed E-state index contributed by atoms with van der Waals surface area (Å²) in [6, 6.07) is 8.16. The molecular weight excluding hydrogens is 284 g/mol. The van der Waals surface area contributed by atoms with Gasteiger partial charge in [0.15, 0.2) is 0 Å². The lowest BCUT2D eigenvalue weighted by molar-refractivity contribution is 0.0946. The first-order chi connectivity index (χ1) is 10.1. The largest absolute Gasteiger partial charge is 0.369 e. The molecule has 2 fully saturated rings. The van der Waals surface area contributed by atoms with Crippen LogP contribution in [0, 0.1) is 0 Å². The lowest BCUT2D eigenvalue weighted by Gasteiger charge is -2.46. The standard InChI is InChI=1S/C16H25ClN4/c1-19-7-6-16(12-18,13-19)21-10-8-20(9-11-21)15-4-2-14(17)3-5-15/h2-5H,6-13,18H2,1H3. The van der Waals surface area contributed by atoms with Gasteiger partial charge >= 0.3 is 0 Å². The Balaban J connectivity index is 1.63. The average Bonchev–Trinajstić information content (AvgIpc) is 2.91. The first kappa shape index (κ1) is 15.1. The van der Waals surface area contributed by atoms with Crippen LogP contribution in [0.5, 0.6) is 0 Å². The number of nitrogens with zero attached hydrogens (tertiary/aromatic N) is 3. The van der Waals surface area contributed by atoms with Crippen molar-refractivity contribution in [3.8, 4) is 0 Å². The molecule has 0 radical (unpaired) electrons. The van der Waals surface area contributed by atoms with Gasteiger partial charge in [-0.15, -0.1) is 0 Å². The van der Waals surface area contributed by atoms with Crippen molar-refractivity contribution in [1.82, 2.24) is 9.80 Å². The van der Waals surface area contributed by atoms with Gasteiger partial charge in [0.25, 0.3) is 0 Å². The van der Waals surface area contributed by atoms with E-state index in [1.165, 1.54) is 12.1 Å². The van der Waals surface area contributed by atoms with E-state index in [1.54, 1.807) is 0 Å². The average molecular weight is 309 g/mol. The highest BCUT2D eigenvalue weighted by atomic mass is 35.5. The predicted octanol–water partition coefficient (Wildman–Crippen LogP) is 1.50. The maximum atomic E-state index is 6.13. The summed E-state index contributed by atoms with van der Waals surface area (Å²) in [6.07, 6.45) is 1.20. The van der Waals surface area contributed by atoms with Gasteiger partial charge in [-0.25, -0.2) is 0 Å². The van der Waals surface area contributed by atoms with Crippen LogP contribution in [0.1, 0.15) is 6.42 Å². The first-order valence-corrected chi connectivity index (χ1v) is 8.15. The molecule has 116 valence electrons. The van der Waals surface area contributed by atoms with E-state index in [0.29, 0.717) is 0 Å². The monoisotopic (exact) mass is 308 g/mol. The zero-order chi connectivity index (χ0) is 14.9. The normalized spacial score (nSPS) is 28.2. The van der Waals surface area contributed by atoms with E-state index >= 15 is 0 Å². The summed E-state index contributed by atoms with van der Waals surface area (Å²) < 4.78 is 0. The van der Waals surface area contributed by atoms with Gasteiger partial charge in [0.2, 0.25) is 0 Å². The number of anilines is 1. The third-order valence-corrected chi connectivity index (χ3v) is 5.30. The van der Waals surface area contributed by atoms with Gasteiger partial charge in [-0.05, 0) is 44.3 Å². The molecule has 1 atom stereocenters. The molecule has 3 rings (SSSR count). The molecule has 1 aromatic rings. The van der Waals surface area contributed by atoms with E-state index < -0.39 is 0 Å². The molecule has 2 N–H and O–H groups in total. The number of halogens is 1.